The zero-order valence-corrected chi connectivity index (χ0v) is 14.5. The second-order valence-corrected chi connectivity index (χ2v) is 5.52. The van der Waals surface area contributed by atoms with Crippen LogP contribution in [-0.4, -0.2) is 18.5 Å². The van der Waals surface area contributed by atoms with Crippen LogP contribution in [0.5, 0.6) is 0 Å². The highest BCUT2D eigenvalue weighted by atomic mass is 16.5. The van der Waals surface area contributed by atoms with E-state index in [2.05, 4.69) is 0 Å². The molecule has 0 saturated heterocycles. The molecule has 0 spiro atoms. The minimum atomic E-state index is -0.587. The van der Waals surface area contributed by atoms with Gasteiger partial charge in [-0.15, -0.1) is 0 Å². The molecule has 0 fully saturated rings. The number of para-hydroxylation sites is 1. The fourth-order valence-electron chi connectivity index (χ4n) is 2.49. The van der Waals surface area contributed by atoms with Gasteiger partial charge in [-0.3, -0.25) is 0 Å². The Morgan fingerprint density at radius 1 is 1.08 bits per heavy atom. The molecule has 0 aliphatic heterocycles. The Morgan fingerprint density at radius 3 is 2.62 bits per heavy atom. The summed E-state index contributed by atoms with van der Waals surface area (Å²) in [6.07, 6.45) is 2.79. The number of benzene rings is 1. The number of carbonyl (C=O) groups is 2. The van der Waals surface area contributed by atoms with Gasteiger partial charge in [-0.05, 0) is 38.1 Å². The topological polar surface area (TPSA) is 78.9 Å². The summed E-state index contributed by atoms with van der Waals surface area (Å²) in [5.74, 6) is 0.212. The molecule has 2 heterocycles. The van der Waals surface area contributed by atoms with Gasteiger partial charge in [-0.2, -0.15) is 0 Å². The van der Waals surface area contributed by atoms with E-state index in [-0.39, 0.29) is 19.0 Å². The first kappa shape index (κ1) is 17.5. The molecule has 26 heavy (non-hydrogen) atoms. The first-order valence-corrected chi connectivity index (χ1v) is 8.17. The second-order valence-electron chi connectivity index (χ2n) is 5.52. The van der Waals surface area contributed by atoms with Gasteiger partial charge in [-0.25, -0.2) is 9.59 Å². The molecule has 0 aliphatic rings. The highest BCUT2D eigenvalue weighted by Crippen LogP contribution is 2.27. The molecule has 0 atom stereocenters. The Labute approximate surface area is 150 Å². The Balaban J connectivity index is 1.77. The van der Waals surface area contributed by atoms with Crippen LogP contribution in [0.2, 0.25) is 0 Å². The summed E-state index contributed by atoms with van der Waals surface area (Å²) in [4.78, 5) is 24.1. The van der Waals surface area contributed by atoms with Crippen molar-refractivity contribution < 1.29 is 27.9 Å². The molecule has 0 amide bonds. The molecule has 0 bridgehead atoms. The summed E-state index contributed by atoms with van der Waals surface area (Å²) in [5.41, 5.74) is 1.01. The number of rotatable bonds is 6. The summed E-state index contributed by atoms with van der Waals surface area (Å²) >= 11 is 0. The summed E-state index contributed by atoms with van der Waals surface area (Å²) in [6.45, 7) is 3.64. The van der Waals surface area contributed by atoms with Crippen LogP contribution in [-0.2, 0) is 20.9 Å². The van der Waals surface area contributed by atoms with E-state index < -0.39 is 11.9 Å². The van der Waals surface area contributed by atoms with Crippen molar-refractivity contribution in [1.29, 1.82) is 0 Å². The van der Waals surface area contributed by atoms with E-state index in [4.69, 9.17) is 18.3 Å². The third-order valence-electron chi connectivity index (χ3n) is 3.66. The average Bonchev–Trinajstić information content (AvgIpc) is 3.21. The molecule has 0 unspecified atom stereocenters. The Bertz CT molecular complexity index is 960. The van der Waals surface area contributed by atoms with Crippen LogP contribution < -0.4 is 0 Å². The number of hydrogen-bond donors (Lipinski definition) is 0. The van der Waals surface area contributed by atoms with Crippen LogP contribution in [0, 0.1) is 6.92 Å². The van der Waals surface area contributed by atoms with Gasteiger partial charge in [0.2, 0.25) is 5.76 Å². The van der Waals surface area contributed by atoms with E-state index >= 15 is 0 Å². The number of hydrogen-bond acceptors (Lipinski definition) is 6. The lowest BCUT2D eigenvalue weighted by molar-refractivity contribution is -0.138. The summed E-state index contributed by atoms with van der Waals surface area (Å²) < 4.78 is 21.2. The lowest BCUT2D eigenvalue weighted by Crippen LogP contribution is -2.08. The van der Waals surface area contributed by atoms with Crippen molar-refractivity contribution in [2.45, 2.75) is 20.5 Å². The maximum atomic E-state index is 12.1. The van der Waals surface area contributed by atoms with Gasteiger partial charge >= 0.3 is 11.9 Å². The highest BCUT2D eigenvalue weighted by Gasteiger charge is 2.22. The zero-order chi connectivity index (χ0) is 18.5. The van der Waals surface area contributed by atoms with Crippen molar-refractivity contribution in [2.24, 2.45) is 0 Å². The summed E-state index contributed by atoms with van der Waals surface area (Å²) in [7, 11) is 0. The van der Waals surface area contributed by atoms with E-state index in [1.54, 1.807) is 37.3 Å². The molecule has 3 aromatic rings. The van der Waals surface area contributed by atoms with Crippen molar-refractivity contribution in [3.05, 3.63) is 65.3 Å². The van der Waals surface area contributed by atoms with E-state index in [1.807, 2.05) is 13.0 Å². The molecular formula is C20H18O6. The quantitative estimate of drug-likeness (QED) is 0.486. The highest BCUT2D eigenvalue weighted by molar-refractivity contribution is 5.96. The Morgan fingerprint density at radius 2 is 1.88 bits per heavy atom. The number of ether oxygens (including phenoxy) is 2. The van der Waals surface area contributed by atoms with Crippen LogP contribution in [0.3, 0.4) is 0 Å². The van der Waals surface area contributed by atoms with Crippen LogP contribution in [0.1, 0.15) is 34.6 Å². The molecule has 0 N–H and O–H groups in total. The summed E-state index contributed by atoms with van der Waals surface area (Å²) in [6, 6.07) is 10.7. The molecule has 0 aliphatic carbocycles. The van der Waals surface area contributed by atoms with Crippen molar-refractivity contribution in [3.63, 3.8) is 0 Å². The van der Waals surface area contributed by atoms with Crippen molar-refractivity contribution in [2.75, 3.05) is 6.61 Å². The molecule has 134 valence electrons. The normalized spacial score (nSPS) is 11.2. The van der Waals surface area contributed by atoms with Crippen molar-refractivity contribution in [1.82, 2.24) is 0 Å². The van der Waals surface area contributed by atoms with Crippen molar-refractivity contribution in [3.8, 4) is 0 Å². The minimum absolute atomic E-state index is 0.0477. The third kappa shape index (κ3) is 3.85. The number of esters is 2. The Hall–Kier alpha value is -3.28. The summed E-state index contributed by atoms with van der Waals surface area (Å²) in [5, 5.41) is 0.703. The fourth-order valence-corrected chi connectivity index (χ4v) is 2.49. The van der Waals surface area contributed by atoms with Crippen LogP contribution >= 0.6 is 0 Å². The molecule has 2 aromatic heterocycles. The number of aryl methyl sites for hydroxylation is 1. The molecule has 0 radical (unpaired) electrons. The molecule has 3 rings (SSSR count). The van der Waals surface area contributed by atoms with Crippen LogP contribution in [0.25, 0.3) is 17.0 Å². The SMILES string of the molecule is CCOC(=O)c1oc2ccccc2c1COC(=O)/C=C/c1ccc(C)o1. The fraction of sp³-hybridized carbons (Fsp3) is 0.200. The van der Waals surface area contributed by atoms with Gasteiger partial charge in [-0.1, -0.05) is 18.2 Å². The molecule has 6 heteroatoms. The predicted molar refractivity (Wildman–Crippen MR) is 94.4 cm³/mol. The molecular weight excluding hydrogens is 336 g/mol. The molecule has 1 aromatic carbocycles. The maximum absolute atomic E-state index is 12.1. The number of fused-ring (bicyclic) bond motifs is 1. The lowest BCUT2D eigenvalue weighted by Gasteiger charge is -2.04. The van der Waals surface area contributed by atoms with E-state index in [0.29, 0.717) is 22.3 Å². The maximum Gasteiger partial charge on any atom is 0.374 e. The standard InChI is InChI=1S/C20H18O6/c1-3-23-20(22)19-16(15-6-4-5-7-17(15)26-19)12-24-18(21)11-10-14-9-8-13(2)25-14/h4-11H,3,12H2,1-2H3/b11-10+. The van der Waals surface area contributed by atoms with Gasteiger partial charge in [0.25, 0.3) is 0 Å². The second kappa shape index (κ2) is 7.74. The minimum Gasteiger partial charge on any atom is -0.462 e. The van der Waals surface area contributed by atoms with Gasteiger partial charge in [0, 0.05) is 11.5 Å². The van der Waals surface area contributed by atoms with E-state index in [1.165, 1.54) is 12.2 Å². The number of carbonyl (C=O) groups excluding carboxylic acids is 2. The molecule has 6 nitrogen and oxygen atoms in total. The van der Waals surface area contributed by atoms with Gasteiger partial charge in [0.15, 0.2) is 0 Å². The lowest BCUT2D eigenvalue weighted by atomic mass is 10.1. The van der Waals surface area contributed by atoms with E-state index in [0.717, 1.165) is 5.76 Å². The smallest absolute Gasteiger partial charge is 0.374 e. The first-order valence-electron chi connectivity index (χ1n) is 8.17. The third-order valence-corrected chi connectivity index (χ3v) is 3.66. The first-order chi connectivity index (χ1) is 12.6. The Kier molecular flexibility index (Phi) is 5.22. The number of furan rings is 2. The molecule has 0 saturated carbocycles. The zero-order valence-electron chi connectivity index (χ0n) is 14.5. The van der Waals surface area contributed by atoms with Crippen molar-refractivity contribution >= 4 is 29.0 Å². The largest absolute Gasteiger partial charge is 0.462 e. The average molecular weight is 354 g/mol. The van der Waals surface area contributed by atoms with Crippen LogP contribution in [0.4, 0.5) is 0 Å². The van der Waals surface area contributed by atoms with Crippen LogP contribution in [0.15, 0.2) is 51.3 Å². The van der Waals surface area contributed by atoms with E-state index in [9.17, 15) is 9.59 Å². The van der Waals surface area contributed by atoms with Gasteiger partial charge in [0.1, 0.15) is 23.7 Å². The van der Waals surface area contributed by atoms with Gasteiger partial charge < -0.3 is 18.3 Å². The monoisotopic (exact) mass is 354 g/mol. The predicted octanol–water partition coefficient (Wildman–Crippen LogP) is 4.27. The van der Waals surface area contributed by atoms with Gasteiger partial charge in [0.05, 0.1) is 12.2 Å².